The van der Waals surface area contributed by atoms with E-state index in [2.05, 4.69) is 9.97 Å². The van der Waals surface area contributed by atoms with Crippen LogP contribution in [0.2, 0.25) is 0 Å². The van der Waals surface area contributed by atoms with Crippen LogP contribution in [0.3, 0.4) is 0 Å². The Kier molecular flexibility index (Phi) is 6.21. The van der Waals surface area contributed by atoms with Crippen LogP contribution in [0.15, 0.2) is 24.3 Å². The second-order valence-electron chi connectivity index (χ2n) is 6.59. The molecule has 0 fully saturated rings. The van der Waals surface area contributed by atoms with Gasteiger partial charge >= 0.3 is 12.1 Å². The van der Waals surface area contributed by atoms with Crippen molar-refractivity contribution in [2.75, 3.05) is 26.0 Å². The number of hydrogen-bond acceptors (Lipinski definition) is 5. The van der Waals surface area contributed by atoms with Crippen LogP contribution in [0.25, 0.3) is 21.9 Å². The number of nitrogens with two attached hydrogens (primary N) is 1. The monoisotopic (exact) mass is 409 g/mol. The lowest BCUT2D eigenvalue weighted by molar-refractivity contribution is -0.173. The van der Waals surface area contributed by atoms with Gasteiger partial charge in [0.05, 0.1) is 17.6 Å². The van der Waals surface area contributed by atoms with Crippen LogP contribution in [0.5, 0.6) is 0 Å². The summed E-state index contributed by atoms with van der Waals surface area (Å²) in [6.07, 6.45) is -3.36. The van der Waals surface area contributed by atoms with Gasteiger partial charge in [0.15, 0.2) is 5.82 Å². The molecule has 0 aliphatic heterocycles. The highest BCUT2D eigenvalue weighted by molar-refractivity contribution is 6.06. The summed E-state index contributed by atoms with van der Waals surface area (Å²) >= 11 is 0. The SMILES string of the molecule is COCCc1nc2c(N)nc3ccccc3c2n1CCCCNC(=O)C(F)(F)F. The van der Waals surface area contributed by atoms with Gasteiger partial charge in [-0.2, -0.15) is 13.2 Å². The van der Waals surface area contributed by atoms with Gasteiger partial charge in [-0.1, -0.05) is 18.2 Å². The molecular formula is C19H22F3N5O2. The van der Waals surface area contributed by atoms with Crippen molar-refractivity contribution in [2.45, 2.75) is 32.0 Å². The predicted octanol–water partition coefficient (Wildman–Crippen LogP) is 2.81. The molecule has 10 heteroatoms. The average Bonchev–Trinajstić information content (AvgIpc) is 3.04. The number of benzene rings is 1. The largest absolute Gasteiger partial charge is 0.471 e. The molecule has 0 spiro atoms. The molecular weight excluding hydrogens is 387 g/mol. The smallest absolute Gasteiger partial charge is 0.384 e. The van der Waals surface area contributed by atoms with Crippen LogP contribution >= 0.6 is 0 Å². The van der Waals surface area contributed by atoms with Crippen LogP contribution in [-0.4, -0.2) is 46.9 Å². The number of anilines is 1. The molecule has 3 N–H and O–H groups in total. The van der Waals surface area contributed by atoms with E-state index in [4.69, 9.17) is 10.5 Å². The zero-order valence-corrected chi connectivity index (χ0v) is 15.9. The number of alkyl halides is 3. The average molecular weight is 409 g/mol. The van der Waals surface area contributed by atoms with E-state index in [1.54, 1.807) is 7.11 Å². The fourth-order valence-electron chi connectivity index (χ4n) is 3.23. The summed E-state index contributed by atoms with van der Waals surface area (Å²) in [6, 6.07) is 7.57. The summed E-state index contributed by atoms with van der Waals surface area (Å²) in [5.41, 5.74) is 8.30. The van der Waals surface area contributed by atoms with Crippen molar-refractivity contribution in [1.82, 2.24) is 19.9 Å². The number of nitrogen functional groups attached to an aromatic ring is 1. The minimum absolute atomic E-state index is 0.0528. The van der Waals surface area contributed by atoms with E-state index in [1.807, 2.05) is 34.1 Å². The fraction of sp³-hybridized carbons (Fsp3) is 0.421. The van der Waals surface area contributed by atoms with Crippen LogP contribution in [0.4, 0.5) is 19.0 Å². The lowest BCUT2D eigenvalue weighted by Crippen LogP contribution is -2.37. The van der Waals surface area contributed by atoms with Gasteiger partial charge in [0, 0.05) is 32.0 Å². The quantitative estimate of drug-likeness (QED) is 0.558. The summed E-state index contributed by atoms with van der Waals surface area (Å²) in [6.45, 7) is 0.934. The molecule has 7 nitrogen and oxygen atoms in total. The molecule has 3 rings (SSSR count). The Morgan fingerprint density at radius 3 is 2.72 bits per heavy atom. The molecule has 29 heavy (non-hydrogen) atoms. The van der Waals surface area contributed by atoms with Gasteiger partial charge < -0.3 is 20.4 Å². The lowest BCUT2D eigenvalue weighted by Gasteiger charge is -2.12. The first-order valence-electron chi connectivity index (χ1n) is 9.20. The number of rotatable bonds is 8. The molecule has 0 aliphatic carbocycles. The van der Waals surface area contributed by atoms with Crippen LogP contribution < -0.4 is 11.1 Å². The molecule has 0 saturated carbocycles. The number of imidazole rings is 1. The molecule has 156 valence electrons. The molecule has 0 radical (unpaired) electrons. The Morgan fingerprint density at radius 1 is 1.24 bits per heavy atom. The zero-order chi connectivity index (χ0) is 21.0. The third-order valence-electron chi connectivity index (χ3n) is 4.57. The highest BCUT2D eigenvalue weighted by Gasteiger charge is 2.38. The Morgan fingerprint density at radius 2 is 2.00 bits per heavy atom. The molecule has 1 amide bonds. The molecule has 1 aromatic carbocycles. The molecule has 0 saturated heterocycles. The summed E-state index contributed by atoms with van der Waals surface area (Å²) in [5, 5.41) is 2.79. The number of ether oxygens (including phenoxy) is 1. The Balaban J connectivity index is 1.84. The number of carbonyl (C=O) groups is 1. The van der Waals surface area contributed by atoms with Gasteiger partial charge in [-0.15, -0.1) is 0 Å². The number of para-hydroxylation sites is 1. The van der Waals surface area contributed by atoms with E-state index in [1.165, 1.54) is 0 Å². The van der Waals surface area contributed by atoms with E-state index in [-0.39, 0.29) is 6.54 Å². The lowest BCUT2D eigenvalue weighted by atomic mass is 10.2. The first-order chi connectivity index (χ1) is 13.8. The molecule has 2 aromatic heterocycles. The predicted molar refractivity (Wildman–Crippen MR) is 103 cm³/mol. The molecule has 0 aliphatic rings. The van der Waals surface area contributed by atoms with Gasteiger partial charge in [-0.05, 0) is 18.9 Å². The number of methoxy groups -OCH3 is 1. The van der Waals surface area contributed by atoms with Gasteiger partial charge in [0.1, 0.15) is 11.3 Å². The van der Waals surface area contributed by atoms with Crippen LogP contribution in [0.1, 0.15) is 18.7 Å². The number of carbonyl (C=O) groups excluding carboxylic acids is 1. The number of hydrogen-bond donors (Lipinski definition) is 2. The molecule has 0 bridgehead atoms. The number of nitrogens with zero attached hydrogens (tertiary/aromatic N) is 3. The van der Waals surface area contributed by atoms with Gasteiger partial charge in [-0.3, -0.25) is 4.79 Å². The highest BCUT2D eigenvalue weighted by Crippen LogP contribution is 2.29. The minimum atomic E-state index is -4.86. The minimum Gasteiger partial charge on any atom is -0.384 e. The number of fused-ring (bicyclic) bond motifs is 3. The number of aromatic nitrogens is 3. The van der Waals surface area contributed by atoms with Crippen molar-refractivity contribution in [1.29, 1.82) is 0 Å². The Hall–Kier alpha value is -2.88. The van der Waals surface area contributed by atoms with E-state index >= 15 is 0 Å². The summed E-state index contributed by atoms with van der Waals surface area (Å²) in [7, 11) is 1.60. The number of aryl methyl sites for hydroxylation is 1. The van der Waals surface area contributed by atoms with Gasteiger partial charge in [0.2, 0.25) is 0 Å². The third kappa shape index (κ3) is 4.58. The number of amides is 1. The van der Waals surface area contributed by atoms with Gasteiger partial charge in [0.25, 0.3) is 0 Å². The molecule has 2 heterocycles. The first kappa shape index (κ1) is 20.8. The maximum Gasteiger partial charge on any atom is 0.471 e. The normalized spacial score (nSPS) is 12.0. The third-order valence-corrected chi connectivity index (χ3v) is 4.57. The van der Waals surface area contributed by atoms with Gasteiger partial charge in [-0.25, -0.2) is 9.97 Å². The highest BCUT2D eigenvalue weighted by atomic mass is 19.4. The number of unbranched alkanes of at least 4 members (excludes halogenated alkanes) is 1. The second-order valence-corrected chi connectivity index (χ2v) is 6.59. The standard InChI is InChI=1S/C19H22F3N5O2/c1-29-11-8-14-26-15-16(12-6-2-3-7-13(12)25-17(15)23)27(14)10-5-4-9-24-18(28)19(20,21)22/h2-3,6-7H,4-5,8-11H2,1H3,(H2,23,25)(H,24,28). The summed E-state index contributed by atoms with van der Waals surface area (Å²) < 4.78 is 44.0. The van der Waals surface area contributed by atoms with Crippen LogP contribution in [0, 0.1) is 0 Å². The fourth-order valence-corrected chi connectivity index (χ4v) is 3.23. The van der Waals surface area contributed by atoms with Crippen molar-refractivity contribution >= 4 is 33.7 Å². The van der Waals surface area contributed by atoms with Crippen LogP contribution in [-0.2, 0) is 22.5 Å². The van der Waals surface area contributed by atoms with E-state index in [9.17, 15) is 18.0 Å². The Bertz CT molecular complexity index is 1020. The maximum absolute atomic E-state index is 12.3. The maximum atomic E-state index is 12.3. The zero-order valence-electron chi connectivity index (χ0n) is 15.9. The van der Waals surface area contributed by atoms with Crippen molar-refractivity contribution in [2.24, 2.45) is 0 Å². The summed E-state index contributed by atoms with van der Waals surface area (Å²) in [5.74, 6) is -0.823. The van der Waals surface area contributed by atoms with Crippen molar-refractivity contribution < 1.29 is 22.7 Å². The second kappa shape index (κ2) is 8.64. The number of nitrogens with one attached hydrogen (secondary N) is 1. The number of pyridine rings is 1. The first-order valence-corrected chi connectivity index (χ1v) is 9.20. The molecule has 0 atom stereocenters. The van der Waals surface area contributed by atoms with E-state index in [0.29, 0.717) is 43.7 Å². The van der Waals surface area contributed by atoms with Crippen molar-refractivity contribution in [3.05, 3.63) is 30.1 Å². The molecule has 3 aromatic rings. The summed E-state index contributed by atoms with van der Waals surface area (Å²) in [4.78, 5) is 19.9. The van der Waals surface area contributed by atoms with E-state index in [0.717, 1.165) is 22.2 Å². The number of halogens is 3. The van der Waals surface area contributed by atoms with Crippen molar-refractivity contribution in [3.8, 4) is 0 Å². The Labute approximate surface area is 165 Å². The topological polar surface area (TPSA) is 95.1 Å². The van der Waals surface area contributed by atoms with Crippen molar-refractivity contribution in [3.63, 3.8) is 0 Å². The molecule has 0 unspecified atom stereocenters. The van der Waals surface area contributed by atoms with E-state index < -0.39 is 12.1 Å².